The van der Waals surface area contributed by atoms with E-state index >= 15 is 0 Å². The largest absolute Gasteiger partial charge is 0.478 e. The van der Waals surface area contributed by atoms with Gasteiger partial charge in [0.2, 0.25) is 0 Å². The fourth-order valence-electron chi connectivity index (χ4n) is 4.29. The predicted molar refractivity (Wildman–Crippen MR) is 144 cm³/mol. The molecule has 0 saturated carbocycles. The van der Waals surface area contributed by atoms with Gasteiger partial charge in [-0.1, -0.05) is 48.5 Å². The van der Waals surface area contributed by atoms with Gasteiger partial charge in [0.1, 0.15) is 11.5 Å². The zero-order valence-electron chi connectivity index (χ0n) is 20.7. The maximum Gasteiger partial charge on any atom is 0.337 e. The van der Waals surface area contributed by atoms with E-state index in [0.717, 1.165) is 16.7 Å². The van der Waals surface area contributed by atoms with Crippen molar-refractivity contribution in [2.24, 2.45) is 0 Å². The second kappa shape index (κ2) is 10.1. The smallest absolute Gasteiger partial charge is 0.337 e. The number of carbonyl (C=O) groups is 3. The molecule has 1 aliphatic heterocycles. The fraction of sp³-hybridized carbons (Fsp3) is 0.0645. The third kappa shape index (κ3) is 4.65. The van der Waals surface area contributed by atoms with E-state index in [1.165, 1.54) is 19.2 Å². The second-order valence-electron chi connectivity index (χ2n) is 8.71. The van der Waals surface area contributed by atoms with Crippen LogP contribution in [0.25, 0.3) is 23.1 Å². The highest BCUT2D eigenvalue weighted by Crippen LogP contribution is 2.37. The van der Waals surface area contributed by atoms with Crippen molar-refractivity contribution < 1.29 is 28.6 Å². The number of methoxy groups -OCH3 is 1. The third-order valence-corrected chi connectivity index (χ3v) is 6.26. The van der Waals surface area contributed by atoms with Gasteiger partial charge >= 0.3 is 11.9 Å². The Balaban J connectivity index is 1.52. The maximum atomic E-state index is 13.7. The van der Waals surface area contributed by atoms with Gasteiger partial charge in [0.05, 0.1) is 29.6 Å². The van der Waals surface area contributed by atoms with E-state index in [4.69, 9.17) is 9.15 Å². The Labute approximate surface area is 218 Å². The number of hydrogen-bond donors (Lipinski definition) is 1. The lowest BCUT2D eigenvalue weighted by Gasteiger charge is -2.23. The monoisotopic (exact) mass is 505 g/mol. The molecular weight excluding hydrogens is 482 g/mol. The Morgan fingerprint density at radius 3 is 2.29 bits per heavy atom. The first-order chi connectivity index (χ1) is 18.4. The summed E-state index contributed by atoms with van der Waals surface area (Å²) in [5.74, 6) is -0.734. The van der Waals surface area contributed by atoms with Crippen molar-refractivity contribution in [3.63, 3.8) is 0 Å². The Morgan fingerprint density at radius 2 is 1.61 bits per heavy atom. The van der Waals surface area contributed by atoms with Crippen LogP contribution in [-0.4, -0.2) is 30.1 Å². The zero-order chi connectivity index (χ0) is 26.8. The highest BCUT2D eigenvalue weighted by Gasteiger charge is 2.32. The molecule has 1 amide bonds. The van der Waals surface area contributed by atoms with Crippen molar-refractivity contribution in [3.8, 4) is 11.3 Å². The van der Waals surface area contributed by atoms with Crippen LogP contribution in [0.5, 0.6) is 0 Å². The van der Waals surface area contributed by atoms with E-state index in [0.29, 0.717) is 34.0 Å². The molecule has 188 valence electrons. The van der Waals surface area contributed by atoms with Crippen LogP contribution in [0.2, 0.25) is 0 Å². The number of carbonyl (C=O) groups excluding carboxylic acids is 2. The number of anilines is 1. The van der Waals surface area contributed by atoms with Gasteiger partial charge in [0, 0.05) is 11.1 Å². The van der Waals surface area contributed by atoms with Crippen molar-refractivity contribution in [1.29, 1.82) is 0 Å². The minimum atomic E-state index is -1.07. The molecule has 1 N–H and O–H groups in total. The van der Waals surface area contributed by atoms with Crippen molar-refractivity contribution in [3.05, 3.63) is 125 Å². The van der Waals surface area contributed by atoms with Crippen molar-refractivity contribution in [2.45, 2.75) is 6.92 Å². The molecular formula is C31H23NO6. The van der Waals surface area contributed by atoms with Gasteiger partial charge in [-0.2, -0.15) is 0 Å². The van der Waals surface area contributed by atoms with Crippen LogP contribution in [0.1, 0.15) is 37.6 Å². The number of aromatic carboxylic acids is 1. The molecule has 3 aromatic carbocycles. The lowest BCUT2D eigenvalue weighted by molar-refractivity contribution is -0.113. The average molecular weight is 506 g/mol. The average Bonchev–Trinajstić information content (AvgIpc) is 3.53. The summed E-state index contributed by atoms with van der Waals surface area (Å²) in [7, 11) is 1.33. The third-order valence-electron chi connectivity index (χ3n) is 6.26. The summed E-state index contributed by atoms with van der Waals surface area (Å²) >= 11 is 0. The molecule has 1 aliphatic rings. The maximum absolute atomic E-state index is 13.7. The molecule has 4 aromatic rings. The van der Waals surface area contributed by atoms with Crippen LogP contribution in [-0.2, 0) is 9.53 Å². The van der Waals surface area contributed by atoms with E-state index in [2.05, 4.69) is 0 Å². The Kier molecular flexibility index (Phi) is 6.49. The van der Waals surface area contributed by atoms with Crippen molar-refractivity contribution >= 4 is 35.3 Å². The van der Waals surface area contributed by atoms with Crippen LogP contribution >= 0.6 is 0 Å². The van der Waals surface area contributed by atoms with Gasteiger partial charge in [0.15, 0.2) is 0 Å². The highest BCUT2D eigenvalue weighted by atomic mass is 16.5. The first kappa shape index (κ1) is 24.5. The first-order valence-electron chi connectivity index (χ1n) is 11.8. The molecule has 5 rings (SSSR count). The lowest BCUT2D eigenvalue weighted by atomic mass is 10.1. The number of amides is 1. The number of ether oxygens (including phenoxy) is 1. The number of carboxylic acid groups (broad SMARTS) is 1. The molecule has 0 atom stereocenters. The summed E-state index contributed by atoms with van der Waals surface area (Å²) in [5.41, 5.74) is 4.41. The van der Waals surface area contributed by atoms with Gasteiger partial charge < -0.3 is 14.3 Å². The van der Waals surface area contributed by atoms with Gasteiger partial charge in [-0.05, 0) is 66.6 Å². The molecule has 0 fully saturated rings. The van der Waals surface area contributed by atoms with E-state index in [-0.39, 0.29) is 11.5 Å². The SMILES string of the molecule is COC(=O)c1ccc(-c2ccc(/C=C3\C=C(c4ccccc4)N(c4cc(C(=O)O)ccc4C)C3=O)o2)cc1. The number of esters is 1. The fourth-order valence-corrected chi connectivity index (χ4v) is 4.29. The number of benzene rings is 3. The minimum absolute atomic E-state index is 0.0946. The summed E-state index contributed by atoms with van der Waals surface area (Å²) in [5, 5.41) is 9.53. The number of furan rings is 1. The summed E-state index contributed by atoms with van der Waals surface area (Å²) in [6, 6.07) is 24.6. The number of nitrogens with zero attached hydrogens (tertiary/aromatic N) is 1. The van der Waals surface area contributed by atoms with E-state index < -0.39 is 11.9 Å². The molecule has 7 nitrogen and oxygen atoms in total. The molecule has 0 unspecified atom stereocenters. The minimum Gasteiger partial charge on any atom is -0.478 e. The first-order valence-corrected chi connectivity index (χ1v) is 11.8. The van der Waals surface area contributed by atoms with Crippen LogP contribution < -0.4 is 4.90 Å². The van der Waals surface area contributed by atoms with E-state index in [1.807, 2.05) is 37.3 Å². The zero-order valence-corrected chi connectivity index (χ0v) is 20.7. The predicted octanol–water partition coefficient (Wildman–Crippen LogP) is 6.21. The number of rotatable bonds is 6. The molecule has 1 aromatic heterocycles. The molecule has 0 spiro atoms. The number of aryl methyl sites for hydroxylation is 1. The molecule has 38 heavy (non-hydrogen) atoms. The van der Waals surface area contributed by atoms with E-state index in [9.17, 15) is 19.5 Å². The standard InChI is InChI=1S/C31H23NO6/c1-19-8-9-23(30(34)35)17-26(19)32-27(20-6-4-3-5-7-20)18-24(29(32)33)16-25-14-15-28(38-25)21-10-12-22(13-11-21)31(36)37-2/h3-18H,1-2H3,(H,34,35)/b24-16+. The topological polar surface area (TPSA) is 97.0 Å². The van der Waals surface area contributed by atoms with Gasteiger partial charge in [0.25, 0.3) is 5.91 Å². The summed E-state index contributed by atoms with van der Waals surface area (Å²) < 4.78 is 10.7. The van der Waals surface area contributed by atoms with Crippen LogP contribution in [0.4, 0.5) is 5.69 Å². The molecule has 0 aliphatic carbocycles. The van der Waals surface area contributed by atoms with Crippen molar-refractivity contribution in [2.75, 3.05) is 12.0 Å². The lowest BCUT2D eigenvalue weighted by Crippen LogP contribution is -2.26. The second-order valence-corrected chi connectivity index (χ2v) is 8.71. The van der Waals surface area contributed by atoms with Gasteiger partial charge in [-0.15, -0.1) is 0 Å². The Hall–Kier alpha value is -5.17. The number of carboxylic acids is 1. The quantitative estimate of drug-likeness (QED) is 0.247. The molecule has 0 radical (unpaired) electrons. The van der Waals surface area contributed by atoms with Gasteiger partial charge in [-0.3, -0.25) is 9.69 Å². The Bertz CT molecular complexity index is 1610. The number of hydrogen-bond acceptors (Lipinski definition) is 5. The van der Waals surface area contributed by atoms with Crippen LogP contribution in [0.15, 0.2) is 101 Å². The summed E-state index contributed by atoms with van der Waals surface area (Å²) in [6.07, 6.45) is 3.44. The highest BCUT2D eigenvalue weighted by molar-refractivity contribution is 6.23. The Morgan fingerprint density at radius 1 is 0.895 bits per heavy atom. The van der Waals surface area contributed by atoms with Crippen LogP contribution in [0, 0.1) is 6.92 Å². The summed E-state index contributed by atoms with van der Waals surface area (Å²) in [6.45, 7) is 1.84. The van der Waals surface area contributed by atoms with Crippen molar-refractivity contribution in [1.82, 2.24) is 0 Å². The summed E-state index contributed by atoms with van der Waals surface area (Å²) in [4.78, 5) is 38.6. The molecule has 0 bridgehead atoms. The molecule has 0 saturated heterocycles. The van der Waals surface area contributed by atoms with Gasteiger partial charge in [-0.25, -0.2) is 9.59 Å². The molecule has 2 heterocycles. The molecule has 7 heteroatoms. The van der Waals surface area contributed by atoms with E-state index in [1.54, 1.807) is 59.5 Å². The van der Waals surface area contributed by atoms with Crippen LogP contribution in [0.3, 0.4) is 0 Å². The normalized spacial score (nSPS) is 14.1.